The second kappa shape index (κ2) is 5.99. The molecule has 0 spiro atoms. The molecule has 0 radical (unpaired) electrons. The number of hydrogen-bond acceptors (Lipinski definition) is 3. The van der Waals surface area contributed by atoms with Crippen LogP contribution in [-0.4, -0.2) is 17.0 Å². The molecule has 0 aliphatic carbocycles. The van der Waals surface area contributed by atoms with Crippen LogP contribution in [0.2, 0.25) is 0 Å². The number of hydrogen-bond donors (Lipinski definition) is 1. The van der Waals surface area contributed by atoms with Gasteiger partial charge in [-0.05, 0) is 6.42 Å². The third-order valence-electron chi connectivity index (χ3n) is 1.14. The fourth-order valence-electron chi connectivity index (χ4n) is 0.683. The van der Waals surface area contributed by atoms with Crippen LogP contribution < -0.4 is 0 Å². The summed E-state index contributed by atoms with van der Waals surface area (Å²) in [5.41, 5.74) is 0. The molecule has 0 heterocycles. The van der Waals surface area contributed by atoms with E-state index in [1.165, 1.54) is 13.0 Å². The normalized spacial score (nSPS) is 9.92. The number of allylic oxidation sites excluding steroid dienone is 2. The highest BCUT2D eigenvalue weighted by molar-refractivity contribution is 5.79. The third kappa shape index (κ3) is 8.33. The Labute approximate surface area is 76.5 Å². The SMILES string of the molecule is C=C(CCC=CC(=O)O)OC(C)=O. The van der Waals surface area contributed by atoms with Crippen LogP contribution in [0.1, 0.15) is 19.8 Å². The van der Waals surface area contributed by atoms with Crippen LogP contribution >= 0.6 is 0 Å². The molecule has 0 bridgehead atoms. The van der Waals surface area contributed by atoms with Crippen molar-refractivity contribution < 1.29 is 19.4 Å². The number of aliphatic carboxylic acids is 1. The summed E-state index contributed by atoms with van der Waals surface area (Å²) < 4.78 is 4.64. The molecule has 0 saturated carbocycles. The Morgan fingerprint density at radius 1 is 1.54 bits per heavy atom. The van der Waals surface area contributed by atoms with Gasteiger partial charge in [0, 0.05) is 19.4 Å². The number of carboxylic acid groups (broad SMARTS) is 1. The average Bonchev–Trinajstić information content (AvgIpc) is 1.96. The zero-order valence-corrected chi connectivity index (χ0v) is 7.45. The van der Waals surface area contributed by atoms with E-state index in [0.717, 1.165) is 6.08 Å². The van der Waals surface area contributed by atoms with Gasteiger partial charge in [0.25, 0.3) is 0 Å². The van der Waals surface area contributed by atoms with Crippen molar-refractivity contribution in [2.45, 2.75) is 19.8 Å². The molecule has 0 fully saturated rings. The summed E-state index contributed by atoms with van der Waals surface area (Å²) >= 11 is 0. The van der Waals surface area contributed by atoms with Crippen molar-refractivity contribution in [2.75, 3.05) is 0 Å². The zero-order valence-electron chi connectivity index (χ0n) is 7.45. The Balaban J connectivity index is 3.59. The van der Waals surface area contributed by atoms with Crippen molar-refractivity contribution in [3.63, 3.8) is 0 Å². The van der Waals surface area contributed by atoms with Gasteiger partial charge >= 0.3 is 11.9 Å². The summed E-state index contributed by atoms with van der Waals surface area (Å²) in [6.07, 6.45) is 3.47. The summed E-state index contributed by atoms with van der Waals surface area (Å²) in [7, 11) is 0. The van der Waals surface area contributed by atoms with Gasteiger partial charge < -0.3 is 9.84 Å². The maximum absolute atomic E-state index is 10.4. The number of carboxylic acids is 1. The number of rotatable bonds is 5. The van der Waals surface area contributed by atoms with E-state index in [0.29, 0.717) is 18.6 Å². The molecule has 72 valence electrons. The number of carbonyl (C=O) groups excluding carboxylic acids is 1. The first-order valence-corrected chi connectivity index (χ1v) is 3.78. The maximum Gasteiger partial charge on any atom is 0.327 e. The largest absolute Gasteiger partial charge is 0.478 e. The Morgan fingerprint density at radius 2 is 2.15 bits per heavy atom. The van der Waals surface area contributed by atoms with E-state index in [4.69, 9.17) is 5.11 Å². The van der Waals surface area contributed by atoms with E-state index >= 15 is 0 Å². The van der Waals surface area contributed by atoms with Gasteiger partial charge in [0.2, 0.25) is 0 Å². The summed E-state index contributed by atoms with van der Waals surface area (Å²) in [6.45, 7) is 4.78. The zero-order chi connectivity index (χ0) is 10.3. The van der Waals surface area contributed by atoms with Crippen molar-refractivity contribution in [3.8, 4) is 0 Å². The van der Waals surface area contributed by atoms with E-state index in [1.54, 1.807) is 0 Å². The van der Waals surface area contributed by atoms with Gasteiger partial charge in [-0.3, -0.25) is 4.79 Å². The molecule has 1 N–H and O–H groups in total. The Morgan fingerprint density at radius 3 is 2.62 bits per heavy atom. The highest BCUT2D eigenvalue weighted by Crippen LogP contribution is 2.04. The fourth-order valence-corrected chi connectivity index (χ4v) is 0.683. The quantitative estimate of drug-likeness (QED) is 0.399. The highest BCUT2D eigenvalue weighted by Gasteiger charge is 1.97. The standard InChI is InChI=1S/C9H12O4/c1-7(13-8(2)10)5-3-4-6-9(11)12/h4,6H,1,3,5H2,2H3,(H,11,12). The first-order chi connectivity index (χ1) is 6.02. The number of carbonyl (C=O) groups is 2. The van der Waals surface area contributed by atoms with E-state index in [2.05, 4.69) is 11.3 Å². The van der Waals surface area contributed by atoms with Gasteiger partial charge in [-0.15, -0.1) is 0 Å². The molecule has 4 heteroatoms. The van der Waals surface area contributed by atoms with Crippen LogP contribution in [0.25, 0.3) is 0 Å². The van der Waals surface area contributed by atoms with Crippen molar-refractivity contribution >= 4 is 11.9 Å². The lowest BCUT2D eigenvalue weighted by atomic mass is 10.2. The molecular formula is C9H12O4. The lowest BCUT2D eigenvalue weighted by Crippen LogP contribution is -1.97. The summed E-state index contributed by atoms with van der Waals surface area (Å²) in [5, 5.41) is 8.23. The monoisotopic (exact) mass is 184 g/mol. The number of ether oxygens (including phenoxy) is 1. The molecule has 4 nitrogen and oxygen atoms in total. The maximum atomic E-state index is 10.4. The molecule has 0 atom stereocenters. The minimum atomic E-state index is -0.988. The minimum Gasteiger partial charge on any atom is -0.478 e. The highest BCUT2D eigenvalue weighted by atomic mass is 16.5. The lowest BCUT2D eigenvalue weighted by molar-refractivity contribution is -0.137. The summed E-state index contributed by atoms with van der Waals surface area (Å²) in [4.78, 5) is 20.4. The van der Waals surface area contributed by atoms with Crippen LogP contribution in [0.4, 0.5) is 0 Å². The molecule has 0 rings (SSSR count). The van der Waals surface area contributed by atoms with Crippen LogP contribution in [0.3, 0.4) is 0 Å². The van der Waals surface area contributed by atoms with E-state index in [-0.39, 0.29) is 0 Å². The van der Waals surface area contributed by atoms with Crippen molar-refractivity contribution in [3.05, 3.63) is 24.5 Å². The minimum absolute atomic E-state index is 0.350. The van der Waals surface area contributed by atoms with Crippen LogP contribution in [-0.2, 0) is 14.3 Å². The van der Waals surface area contributed by atoms with Gasteiger partial charge in [-0.25, -0.2) is 4.79 Å². The second-order valence-corrected chi connectivity index (χ2v) is 2.41. The molecule has 0 aromatic carbocycles. The first-order valence-electron chi connectivity index (χ1n) is 3.78. The topological polar surface area (TPSA) is 63.6 Å². The summed E-state index contributed by atoms with van der Waals surface area (Å²) in [5.74, 6) is -1.05. The second-order valence-electron chi connectivity index (χ2n) is 2.41. The number of esters is 1. The smallest absolute Gasteiger partial charge is 0.327 e. The predicted molar refractivity (Wildman–Crippen MR) is 46.9 cm³/mol. The van der Waals surface area contributed by atoms with Crippen LogP contribution in [0.5, 0.6) is 0 Å². The molecule has 13 heavy (non-hydrogen) atoms. The molecule has 0 aromatic rings. The Bertz CT molecular complexity index is 240. The fraction of sp³-hybridized carbons (Fsp3) is 0.333. The molecule has 0 unspecified atom stereocenters. The Kier molecular flexibility index (Phi) is 5.27. The van der Waals surface area contributed by atoms with E-state index < -0.39 is 11.9 Å². The van der Waals surface area contributed by atoms with Crippen molar-refractivity contribution in [1.29, 1.82) is 0 Å². The lowest BCUT2D eigenvalue weighted by Gasteiger charge is -2.01. The van der Waals surface area contributed by atoms with Crippen LogP contribution in [0.15, 0.2) is 24.5 Å². The van der Waals surface area contributed by atoms with Gasteiger partial charge in [0.1, 0.15) is 5.76 Å². The molecule has 0 aliphatic rings. The Hall–Kier alpha value is -1.58. The van der Waals surface area contributed by atoms with E-state index in [9.17, 15) is 9.59 Å². The molecule has 0 amide bonds. The van der Waals surface area contributed by atoms with Gasteiger partial charge in [0.15, 0.2) is 0 Å². The summed E-state index contributed by atoms with van der Waals surface area (Å²) in [6, 6.07) is 0. The molecule has 0 saturated heterocycles. The van der Waals surface area contributed by atoms with Gasteiger partial charge in [-0.1, -0.05) is 12.7 Å². The molecule has 0 aromatic heterocycles. The molecular weight excluding hydrogens is 172 g/mol. The van der Waals surface area contributed by atoms with Crippen molar-refractivity contribution in [2.24, 2.45) is 0 Å². The predicted octanol–water partition coefficient (Wildman–Crippen LogP) is 1.48. The third-order valence-corrected chi connectivity index (χ3v) is 1.14. The average molecular weight is 184 g/mol. The van der Waals surface area contributed by atoms with Gasteiger partial charge in [0.05, 0.1) is 0 Å². The van der Waals surface area contributed by atoms with Crippen LogP contribution in [0, 0.1) is 0 Å². The van der Waals surface area contributed by atoms with E-state index in [1.807, 2.05) is 0 Å². The first kappa shape index (κ1) is 11.4. The van der Waals surface area contributed by atoms with Gasteiger partial charge in [-0.2, -0.15) is 0 Å². The molecule has 0 aliphatic heterocycles. The van der Waals surface area contributed by atoms with Crippen molar-refractivity contribution in [1.82, 2.24) is 0 Å².